The van der Waals surface area contributed by atoms with Crippen LogP contribution in [0.2, 0.25) is 0 Å². The molecule has 1 aromatic carbocycles. The summed E-state index contributed by atoms with van der Waals surface area (Å²) in [6, 6.07) is 7.70. The van der Waals surface area contributed by atoms with Crippen LogP contribution in [0.3, 0.4) is 0 Å². The number of rotatable bonds is 5. The van der Waals surface area contributed by atoms with Crippen LogP contribution in [-0.4, -0.2) is 6.04 Å². The molecule has 1 N–H and O–H groups in total. The summed E-state index contributed by atoms with van der Waals surface area (Å²) in [6.07, 6.45) is 1.23. The van der Waals surface area contributed by atoms with Gasteiger partial charge < -0.3 is 5.32 Å². The summed E-state index contributed by atoms with van der Waals surface area (Å²) in [7, 11) is 0. The van der Waals surface area contributed by atoms with Crippen LogP contribution in [0.5, 0.6) is 0 Å². The van der Waals surface area contributed by atoms with Gasteiger partial charge in [0.2, 0.25) is 0 Å². The highest BCUT2D eigenvalue weighted by Crippen LogP contribution is 2.20. The van der Waals surface area contributed by atoms with E-state index in [4.69, 9.17) is 0 Å². The van der Waals surface area contributed by atoms with Gasteiger partial charge in [-0.1, -0.05) is 44.0 Å². The third kappa shape index (κ3) is 3.85. The average molecular weight is 233 g/mol. The minimum Gasteiger partial charge on any atom is -0.307 e. The lowest BCUT2D eigenvalue weighted by Gasteiger charge is -2.26. The highest BCUT2D eigenvalue weighted by atomic mass is 14.9. The van der Waals surface area contributed by atoms with Gasteiger partial charge in [0.15, 0.2) is 0 Å². The first-order valence-electron chi connectivity index (χ1n) is 6.78. The van der Waals surface area contributed by atoms with E-state index in [1.807, 2.05) is 0 Å². The summed E-state index contributed by atoms with van der Waals surface area (Å²) in [4.78, 5) is 0. The molecular formula is C16H27N. The van der Waals surface area contributed by atoms with E-state index in [1.165, 1.54) is 23.1 Å². The molecule has 1 rings (SSSR count). The molecule has 1 nitrogen and oxygen atoms in total. The van der Waals surface area contributed by atoms with Crippen LogP contribution in [0.4, 0.5) is 0 Å². The summed E-state index contributed by atoms with van der Waals surface area (Å²) < 4.78 is 0. The molecule has 0 saturated heterocycles. The van der Waals surface area contributed by atoms with E-state index >= 15 is 0 Å². The second-order valence-corrected chi connectivity index (χ2v) is 5.42. The molecule has 3 unspecified atom stereocenters. The SMILES string of the molecule is CCC(C)C(C)NC(C)c1cc(C)ccc1C. The molecule has 0 aliphatic carbocycles. The van der Waals surface area contributed by atoms with Crippen LogP contribution in [0.15, 0.2) is 18.2 Å². The molecule has 0 fully saturated rings. The fourth-order valence-corrected chi connectivity index (χ4v) is 2.23. The van der Waals surface area contributed by atoms with Gasteiger partial charge >= 0.3 is 0 Å². The van der Waals surface area contributed by atoms with Gasteiger partial charge in [0.05, 0.1) is 0 Å². The zero-order chi connectivity index (χ0) is 13.0. The van der Waals surface area contributed by atoms with Gasteiger partial charge in [-0.2, -0.15) is 0 Å². The molecule has 0 aliphatic heterocycles. The highest BCUT2D eigenvalue weighted by molar-refractivity contribution is 5.32. The fourth-order valence-electron chi connectivity index (χ4n) is 2.23. The molecule has 0 saturated carbocycles. The Morgan fingerprint density at radius 1 is 1.12 bits per heavy atom. The number of benzene rings is 1. The molecule has 96 valence electrons. The van der Waals surface area contributed by atoms with E-state index in [0.29, 0.717) is 12.1 Å². The van der Waals surface area contributed by atoms with Crippen molar-refractivity contribution in [3.05, 3.63) is 34.9 Å². The van der Waals surface area contributed by atoms with Crippen LogP contribution in [0, 0.1) is 19.8 Å². The van der Waals surface area contributed by atoms with E-state index in [9.17, 15) is 0 Å². The molecule has 3 atom stereocenters. The van der Waals surface area contributed by atoms with E-state index < -0.39 is 0 Å². The van der Waals surface area contributed by atoms with Gasteiger partial charge in [-0.3, -0.25) is 0 Å². The minimum atomic E-state index is 0.430. The molecule has 0 aliphatic rings. The van der Waals surface area contributed by atoms with E-state index in [0.717, 1.165) is 5.92 Å². The third-order valence-electron chi connectivity index (χ3n) is 3.91. The van der Waals surface area contributed by atoms with Gasteiger partial charge in [0.25, 0.3) is 0 Å². The average Bonchev–Trinajstić information content (AvgIpc) is 2.30. The lowest BCUT2D eigenvalue weighted by atomic mass is 9.96. The number of hydrogen-bond acceptors (Lipinski definition) is 1. The van der Waals surface area contributed by atoms with Crippen molar-refractivity contribution in [2.75, 3.05) is 0 Å². The van der Waals surface area contributed by atoms with Gasteiger partial charge in [-0.15, -0.1) is 0 Å². The first kappa shape index (κ1) is 14.2. The second-order valence-electron chi connectivity index (χ2n) is 5.42. The Labute approximate surface area is 107 Å². The Morgan fingerprint density at radius 2 is 1.76 bits per heavy atom. The van der Waals surface area contributed by atoms with Crippen LogP contribution in [0.25, 0.3) is 0 Å². The third-order valence-corrected chi connectivity index (χ3v) is 3.91. The van der Waals surface area contributed by atoms with Crippen LogP contribution < -0.4 is 5.32 Å². The largest absolute Gasteiger partial charge is 0.307 e. The van der Waals surface area contributed by atoms with Crippen molar-refractivity contribution in [3.8, 4) is 0 Å². The zero-order valence-corrected chi connectivity index (χ0v) is 12.2. The summed E-state index contributed by atoms with van der Waals surface area (Å²) in [5, 5.41) is 3.71. The second kappa shape index (κ2) is 6.20. The first-order chi connectivity index (χ1) is 7.95. The molecule has 1 heteroatoms. The van der Waals surface area contributed by atoms with E-state index in [-0.39, 0.29) is 0 Å². The maximum absolute atomic E-state index is 3.71. The van der Waals surface area contributed by atoms with Gasteiger partial charge in [-0.25, -0.2) is 0 Å². The van der Waals surface area contributed by atoms with Crippen molar-refractivity contribution >= 4 is 0 Å². The lowest BCUT2D eigenvalue weighted by molar-refractivity contribution is 0.360. The maximum atomic E-state index is 3.71. The van der Waals surface area contributed by atoms with Crippen molar-refractivity contribution in [1.29, 1.82) is 0 Å². The molecule has 0 amide bonds. The standard InChI is InChI=1S/C16H27N/c1-7-12(3)14(5)17-15(6)16-10-11(2)8-9-13(16)4/h8-10,12,14-15,17H,7H2,1-6H3. The number of nitrogens with one attached hydrogen (secondary N) is 1. The molecule has 0 bridgehead atoms. The van der Waals surface area contributed by atoms with Crippen molar-refractivity contribution in [3.63, 3.8) is 0 Å². The minimum absolute atomic E-state index is 0.430. The van der Waals surface area contributed by atoms with Crippen molar-refractivity contribution in [1.82, 2.24) is 5.32 Å². The smallest absolute Gasteiger partial charge is 0.0297 e. The van der Waals surface area contributed by atoms with Gasteiger partial charge in [0, 0.05) is 12.1 Å². The Morgan fingerprint density at radius 3 is 2.35 bits per heavy atom. The predicted octanol–water partition coefficient (Wildman–Crippen LogP) is 4.39. The Kier molecular flexibility index (Phi) is 5.20. The van der Waals surface area contributed by atoms with Crippen molar-refractivity contribution < 1.29 is 0 Å². The highest BCUT2D eigenvalue weighted by Gasteiger charge is 2.15. The normalized spacial score (nSPS) is 16.6. The van der Waals surface area contributed by atoms with Gasteiger partial charge in [-0.05, 0) is 44.7 Å². The summed E-state index contributed by atoms with van der Waals surface area (Å²) in [6.45, 7) is 13.5. The fraction of sp³-hybridized carbons (Fsp3) is 0.625. The summed E-state index contributed by atoms with van der Waals surface area (Å²) in [5.74, 6) is 0.725. The summed E-state index contributed by atoms with van der Waals surface area (Å²) >= 11 is 0. The molecule has 0 spiro atoms. The Balaban J connectivity index is 2.75. The van der Waals surface area contributed by atoms with E-state index in [1.54, 1.807) is 0 Å². The Bertz CT molecular complexity index is 357. The Hall–Kier alpha value is -0.820. The van der Waals surface area contributed by atoms with Crippen LogP contribution in [-0.2, 0) is 0 Å². The van der Waals surface area contributed by atoms with Crippen molar-refractivity contribution in [2.45, 2.75) is 60.0 Å². The zero-order valence-electron chi connectivity index (χ0n) is 12.2. The molecule has 0 heterocycles. The first-order valence-corrected chi connectivity index (χ1v) is 6.78. The predicted molar refractivity (Wildman–Crippen MR) is 76.4 cm³/mol. The monoisotopic (exact) mass is 233 g/mol. The van der Waals surface area contributed by atoms with E-state index in [2.05, 4.69) is 65.1 Å². The molecule has 0 aromatic heterocycles. The van der Waals surface area contributed by atoms with Crippen molar-refractivity contribution in [2.24, 2.45) is 5.92 Å². The number of aryl methyl sites for hydroxylation is 2. The molecule has 0 radical (unpaired) electrons. The molecular weight excluding hydrogens is 206 g/mol. The number of hydrogen-bond donors (Lipinski definition) is 1. The quantitative estimate of drug-likeness (QED) is 0.795. The molecule has 17 heavy (non-hydrogen) atoms. The maximum Gasteiger partial charge on any atom is 0.0297 e. The molecule has 1 aromatic rings. The van der Waals surface area contributed by atoms with Gasteiger partial charge in [0.1, 0.15) is 0 Å². The van der Waals surface area contributed by atoms with Crippen LogP contribution in [0.1, 0.15) is 56.8 Å². The summed E-state index contributed by atoms with van der Waals surface area (Å²) in [5.41, 5.74) is 4.16. The van der Waals surface area contributed by atoms with Crippen LogP contribution >= 0.6 is 0 Å². The lowest BCUT2D eigenvalue weighted by Crippen LogP contribution is -2.34. The topological polar surface area (TPSA) is 12.0 Å².